The zero-order valence-corrected chi connectivity index (χ0v) is 8.28. The molecule has 0 bridgehead atoms. The average molecular weight is 153 g/mol. The predicted octanol–water partition coefficient (Wildman–Crippen LogP) is 2.84. The molecule has 0 fully saturated rings. The van der Waals surface area contributed by atoms with Crippen molar-refractivity contribution in [3.05, 3.63) is 23.4 Å². The maximum absolute atomic E-state index is 5.67. The van der Waals surface area contributed by atoms with E-state index >= 15 is 0 Å². The summed E-state index contributed by atoms with van der Waals surface area (Å²) >= 11 is 0. The van der Waals surface area contributed by atoms with Gasteiger partial charge in [-0.15, -0.1) is 0 Å². The Hall–Kier alpha value is -0.720. The highest BCUT2D eigenvalue weighted by atomic mass is 14.6. The van der Waals surface area contributed by atoms with Crippen molar-refractivity contribution < 1.29 is 0 Å². The summed E-state index contributed by atoms with van der Waals surface area (Å²) in [6.07, 6.45) is 0. The minimum atomic E-state index is 0.116. The summed E-state index contributed by atoms with van der Waals surface area (Å²) in [6.45, 7) is 14.3. The molecule has 0 saturated heterocycles. The molecule has 1 heteroatoms. The number of hydrogen-bond acceptors (Lipinski definition) is 1. The smallest absolute Gasteiger partial charge is 0.0278 e. The highest BCUT2D eigenvalue weighted by molar-refractivity contribution is 5.33. The normalized spacial score (nSPS) is 11.0. The number of rotatable bonds is 1. The summed E-state index contributed by atoms with van der Waals surface area (Å²) in [6, 6.07) is 0. The Labute approximate surface area is 70.0 Å². The van der Waals surface area contributed by atoms with Crippen molar-refractivity contribution in [2.75, 3.05) is 0 Å². The first-order valence-corrected chi connectivity index (χ1v) is 3.89. The van der Waals surface area contributed by atoms with Crippen LogP contribution >= 0.6 is 0 Å². The second-order valence-corrected chi connectivity index (χ2v) is 4.15. The van der Waals surface area contributed by atoms with Crippen LogP contribution in [0.2, 0.25) is 0 Å². The van der Waals surface area contributed by atoms with E-state index in [0.717, 1.165) is 0 Å². The SMILES string of the molecule is C=C(N)C(=C(C)C)C(C)(C)C. The van der Waals surface area contributed by atoms with Crippen molar-refractivity contribution in [3.63, 3.8) is 0 Å². The standard InChI is InChI=1S/C10H19N/c1-7(2)9(8(3)11)10(4,5)6/h3,11H2,1-2,4-6H3. The summed E-state index contributed by atoms with van der Waals surface area (Å²) in [5.74, 6) is 0. The highest BCUT2D eigenvalue weighted by Gasteiger charge is 2.18. The van der Waals surface area contributed by atoms with Gasteiger partial charge in [-0.3, -0.25) is 0 Å². The molecule has 0 rings (SSSR count). The molecule has 64 valence electrons. The fourth-order valence-corrected chi connectivity index (χ4v) is 1.55. The van der Waals surface area contributed by atoms with Crippen LogP contribution in [0.25, 0.3) is 0 Å². The molecule has 0 atom stereocenters. The number of allylic oxidation sites excluding steroid dienone is 2. The van der Waals surface area contributed by atoms with Crippen LogP contribution in [0.4, 0.5) is 0 Å². The van der Waals surface area contributed by atoms with Gasteiger partial charge in [-0.2, -0.15) is 0 Å². The Morgan fingerprint density at radius 2 is 1.55 bits per heavy atom. The molecule has 0 heterocycles. The van der Waals surface area contributed by atoms with E-state index < -0.39 is 0 Å². The van der Waals surface area contributed by atoms with Crippen LogP contribution in [0.5, 0.6) is 0 Å². The van der Waals surface area contributed by atoms with E-state index in [0.29, 0.717) is 5.70 Å². The largest absolute Gasteiger partial charge is 0.399 e. The zero-order chi connectivity index (χ0) is 9.23. The van der Waals surface area contributed by atoms with Crippen LogP contribution in [0.3, 0.4) is 0 Å². The van der Waals surface area contributed by atoms with Crippen molar-refractivity contribution in [2.24, 2.45) is 11.1 Å². The molecule has 0 aromatic heterocycles. The Morgan fingerprint density at radius 1 is 1.18 bits per heavy atom. The first-order valence-electron chi connectivity index (χ1n) is 3.89. The molecule has 0 aromatic carbocycles. The molecule has 1 nitrogen and oxygen atoms in total. The molecule has 2 N–H and O–H groups in total. The van der Waals surface area contributed by atoms with E-state index in [-0.39, 0.29) is 5.41 Å². The zero-order valence-electron chi connectivity index (χ0n) is 8.28. The number of hydrogen-bond donors (Lipinski definition) is 1. The van der Waals surface area contributed by atoms with Crippen LogP contribution in [0, 0.1) is 5.41 Å². The third kappa shape index (κ3) is 2.79. The Bertz CT molecular complexity index is 187. The van der Waals surface area contributed by atoms with Gasteiger partial charge in [0.1, 0.15) is 0 Å². The van der Waals surface area contributed by atoms with Crippen molar-refractivity contribution in [2.45, 2.75) is 34.6 Å². The quantitative estimate of drug-likeness (QED) is 0.576. The van der Waals surface area contributed by atoms with E-state index in [1.54, 1.807) is 0 Å². The van der Waals surface area contributed by atoms with Crippen LogP contribution in [0.1, 0.15) is 34.6 Å². The molecule has 0 aliphatic heterocycles. The van der Waals surface area contributed by atoms with Crippen LogP contribution in [-0.4, -0.2) is 0 Å². The summed E-state index contributed by atoms with van der Waals surface area (Å²) in [4.78, 5) is 0. The Kier molecular flexibility index (Phi) is 2.92. The maximum atomic E-state index is 5.67. The summed E-state index contributed by atoms with van der Waals surface area (Å²) in [7, 11) is 0. The first kappa shape index (κ1) is 10.3. The van der Waals surface area contributed by atoms with E-state index in [2.05, 4.69) is 41.2 Å². The molecular formula is C10H19N. The molecule has 0 aromatic rings. The molecule has 11 heavy (non-hydrogen) atoms. The van der Waals surface area contributed by atoms with Crippen molar-refractivity contribution in [1.29, 1.82) is 0 Å². The van der Waals surface area contributed by atoms with Crippen LogP contribution in [0.15, 0.2) is 23.4 Å². The van der Waals surface area contributed by atoms with Gasteiger partial charge in [-0.05, 0) is 24.8 Å². The van der Waals surface area contributed by atoms with Crippen LogP contribution in [-0.2, 0) is 0 Å². The summed E-state index contributed by atoms with van der Waals surface area (Å²) < 4.78 is 0. The summed E-state index contributed by atoms with van der Waals surface area (Å²) in [5, 5.41) is 0. The van der Waals surface area contributed by atoms with Gasteiger partial charge < -0.3 is 5.73 Å². The van der Waals surface area contributed by atoms with Gasteiger partial charge in [0.2, 0.25) is 0 Å². The molecule has 0 unspecified atom stereocenters. The molecule has 0 amide bonds. The van der Waals surface area contributed by atoms with Crippen molar-refractivity contribution in [3.8, 4) is 0 Å². The lowest BCUT2D eigenvalue weighted by Crippen LogP contribution is -2.16. The lowest BCUT2D eigenvalue weighted by molar-refractivity contribution is 0.504. The Morgan fingerprint density at radius 3 is 1.55 bits per heavy atom. The first-order chi connectivity index (χ1) is 4.76. The van der Waals surface area contributed by atoms with Crippen molar-refractivity contribution >= 4 is 0 Å². The molecular weight excluding hydrogens is 134 g/mol. The monoisotopic (exact) mass is 153 g/mol. The lowest BCUT2D eigenvalue weighted by Gasteiger charge is -2.24. The van der Waals surface area contributed by atoms with Gasteiger partial charge in [-0.25, -0.2) is 0 Å². The Balaban J connectivity index is 4.96. The van der Waals surface area contributed by atoms with Gasteiger partial charge in [0.25, 0.3) is 0 Å². The van der Waals surface area contributed by atoms with Gasteiger partial charge in [0.15, 0.2) is 0 Å². The molecule has 0 aliphatic rings. The van der Waals surface area contributed by atoms with Crippen molar-refractivity contribution in [1.82, 2.24) is 0 Å². The van der Waals surface area contributed by atoms with Gasteiger partial charge >= 0.3 is 0 Å². The van der Waals surface area contributed by atoms with E-state index in [9.17, 15) is 0 Å². The summed E-state index contributed by atoms with van der Waals surface area (Å²) in [5.41, 5.74) is 8.91. The fraction of sp³-hybridized carbons (Fsp3) is 0.600. The van der Waals surface area contributed by atoms with E-state index in [1.807, 2.05) is 0 Å². The minimum Gasteiger partial charge on any atom is -0.399 e. The number of nitrogens with two attached hydrogens (primary N) is 1. The van der Waals surface area contributed by atoms with Gasteiger partial charge in [0, 0.05) is 5.70 Å². The maximum Gasteiger partial charge on any atom is 0.0278 e. The predicted molar refractivity (Wildman–Crippen MR) is 51.2 cm³/mol. The fourth-order valence-electron chi connectivity index (χ4n) is 1.55. The average Bonchev–Trinajstić information content (AvgIpc) is 1.54. The molecule has 0 saturated carbocycles. The molecule has 0 spiro atoms. The van der Waals surface area contributed by atoms with E-state index in [1.165, 1.54) is 11.1 Å². The van der Waals surface area contributed by atoms with Crippen LogP contribution < -0.4 is 5.73 Å². The topological polar surface area (TPSA) is 26.0 Å². The van der Waals surface area contributed by atoms with E-state index in [4.69, 9.17) is 5.73 Å². The second-order valence-electron chi connectivity index (χ2n) is 4.15. The van der Waals surface area contributed by atoms with Gasteiger partial charge in [-0.1, -0.05) is 32.9 Å². The molecule has 0 aliphatic carbocycles. The van der Waals surface area contributed by atoms with Gasteiger partial charge in [0.05, 0.1) is 0 Å². The minimum absolute atomic E-state index is 0.116. The molecule has 0 radical (unpaired) electrons. The lowest BCUT2D eigenvalue weighted by atomic mass is 9.82. The third-order valence-electron chi connectivity index (χ3n) is 1.57. The second kappa shape index (κ2) is 3.12. The third-order valence-corrected chi connectivity index (χ3v) is 1.57. The highest BCUT2D eigenvalue weighted by Crippen LogP contribution is 2.30.